The Labute approximate surface area is 267 Å². The summed E-state index contributed by atoms with van der Waals surface area (Å²) in [6.07, 6.45) is -2.80. The van der Waals surface area contributed by atoms with Crippen LogP contribution >= 0.6 is 0 Å². The van der Waals surface area contributed by atoms with Gasteiger partial charge >= 0.3 is 6.18 Å². The Bertz CT molecular complexity index is 1340. The number of halogens is 3. The number of non-ortho nitro benzene ring substituents is 1. The number of aliphatic hydroxyl groups is 1. The van der Waals surface area contributed by atoms with Crippen LogP contribution in [0.15, 0.2) is 54.6 Å². The van der Waals surface area contributed by atoms with Crippen molar-refractivity contribution in [3.8, 4) is 0 Å². The minimum atomic E-state index is -4.50. The molecule has 0 aromatic heterocycles. The van der Waals surface area contributed by atoms with Crippen molar-refractivity contribution < 1.29 is 37.6 Å². The normalized spacial score (nSPS) is 14.5. The fourth-order valence-corrected chi connectivity index (χ4v) is 4.59. The summed E-state index contributed by atoms with van der Waals surface area (Å²) in [6.45, 7) is 9.92. The molecular formula is C33H43F3N4O6. The van der Waals surface area contributed by atoms with Crippen LogP contribution in [0.25, 0.3) is 6.08 Å². The van der Waals surface area contributed by atoms with E-state index in [2.05, 4.69) is 16.0 Å². The van der Waals surface area contributed by atoms with Gasteiger partial charge in [-0.1, -0.05) is 58.9 Å². The van der Waals surface area contributed by atoms with E-state index in [9.17, 15) is 42.8 Å². The van der Waals surface area contributed by atoms with Crippen LogP contribution in [0.2, 0.25) is 0 Å². The van der Waals surface area contributed by atoms with Gasteiger partial charge in [0.2, 0.25) is 17.7 Å². The summed E-state index contributed by atoms with van der Waals surface area (Å²) in [4.78, 5) is 49.5. The van der Waals surface area contributed by atoms with Crippen molar-refractivity contribution in [3.63, 3.8) is 0 Å². The number of carbonyl (C=O) groups is 3. The standard InChI is InChI=1S/C33H43F3N4O6/c1-20(2)16-27(29(41)17-22(5)31(43)37-19-21(3)4)39-32(44)28(18-24-8-13-26(14-9-24)40(45)46)38-30(42)15-10-23-6-11-25(12-7-23)33(34,35)36/h6-15,20-22,27-29,41H,16-19H2,1-5H3,(H,37,43)(H,38,42)(H,39,44)/b15-10+/t22-,27+,28+,29+/m1/s1. The zero-order valence-electron chi connectivity index (χ0n) is 26.6. The second-order valence-corrected chi connectivity index (χ2v) is 12.2. The van der Waals surface area contributed by atoms with E-state index in [4.69, 9.17) is 0 Å². The van der Waals surface area contributed by atoms with Gasteiger partial charge in [0.15, 0.2) is 0 Å². The first-order chi connectivity index (χ1) is 21.5. The summed E-state index contributed by atoms with van der Waals surface area (Å²) in [5, 5.41) is 30.4. The summed E-state index contributed by atoms with van der Waals surface area (Å²) in [5.41, 5.74) is -0.155. The number of benzene rings is 2. The molecule has 0 radical (unpaired) electrons. The monoisotopic (exact) mass is 648 g/mol. The molecular weight excluding hydrogens is 605 g/mol. The number of alkyl halides is 3. The lowest BCUT2D eigenvalue weighted by Gasteiger charge is -2.29. The molecule has 0 saturated carbocycles. The highest BCUT2D eigenvalue weighted by atomic mass is 19.4. The van der Waals surface area contributed by atoms with Crippen LogP contribution in [0.1, 0.15) is 64.2 Å². The molecule has 2 rings (SSSR count). The van der Waals surface area contributed by atoms with Crippen LogP contribution < -0.4 is 16.0 Å². The number of hydrogen-bond acceptors (Lipinski definition) is 6. The van der Waals surface area contributed by atoms with E-state index in [0.717, 1.165) is 18.2 Å². The van der Waals surface area contributed by atoms with Crippen molar-refractivity contribution in [2.75, 3.05) is 6.54 Å². The molecule has 46 heavy (non-hydrogen) atoms. The molecule has 2 aromatic carbocycles. The van der Waals surface area contributed by atoms with Gasteiger partial charge in [-0.2, -0.15) is 13.2 Å². The third-order valence-corrected chi connectivity index (χ3v) is 7.13. The number of nitrogens with zero attached hydrogens (tertiary/aromatic N) is 1. The highest BCUT2D eigenvalue weighted by Crippen LogP contribution is 2.29. The predicted octanol–water partition coefficient (Wildman–Crippen LogP) is 5.04. The molecule has 4 atom stereocenters. The van der Waals surface area contributed by atoms with Crippen molar-refractivity contribution >= 4 is 29.5 Å². The van der Waals surface area contributed by atoms with Crippen molar-refractivity contribution in [1.29, 1.82) is 0 Å². The van der Waals surface area contributed by atoms with Crippen molar-refractivity contribution in [2.24, 2.45) is 17.8 Å². The predicted molar refractivity (Wildman–Crippen MR) is 168 cm³/mol. The molecule has 0 bridgehead atoms. The summed E-state index contributed by atoms with van der Waals surface area (Å²) in [5.74, 6) is -1.78. The number of rotatable bonds is 16. The molecule has 10 nitrogen and oxygen atoms in total. The molecule has 2 aromatic rings. The Kier molecular flexibility index (Phi) is 14.4. The highest BCUT2D eigenvalue weighted by molar-refractivity contribution is 5.95. The topological polar surface area (TPSA) is 151 Å². The summed E-state index contributed by atoms with van der Waals surface area (Å²) in [7, 11) is 0. The molecule has 13 heteroatoms. The molecule has 0 aliphatic heterocycles. The third-order valence-electron chi connectivity index (χ3n) is 7.13. The van der Waals surface area contributed by atoms with Crippen LogP contribution in [0, 0.1) is 27.9 Å². The molecule has 252 valence electrons. The van der Waals surface area contributed by atoms with E-state index >= 15 is 0 Å². The molecule has 0 unspecified atom stereocenters. The van der Waals surface area contributed by atoms with Gasteiger partial charge in [-0.3, -0.25) is 24.5 Å². The molecule has 0 fully saturated rings. The molecule has 0 aliphatic carbocycles. The van der Waals surface area contributed by atoms with Gasteiger partial charge < -0.3 is 21.1 Å². The maximum atomic E-state index is 13.6. The Morgan fingerprint density at radius 3 is 2.02 bits per heavy atom. The first-order valence-electron chi connectivity index (χ1n) is 15.1. The zero-order chi connectivity index (χ0) is 34.6. The molecule has 4 N–H and O–H groups in total. The largest absolute Gasteiger partial charge is 0.416 e. The maximum absolute atomic E-state index is 13.6. The number of nitrogens with one attached hydrogen (secondary N) is 3. The van der Waals surface area contributed by atoms with Crippen LogP contribution in [0.4, 0.5) is 18.9 Å². The molecule has 0 aliphatic rings. The van der Waals surface area contributed by atoms with Gasteiger partial charge in [0.05, 0.1) is 22.6 Å². The van der Waals surface area contributed by atoms with Gasteiger partial charge in [0, 0.05) is 37.1 Å². The maximum Gasteiger partial charge on any atom is 0.416 e. The average molecular weight is 649 g/mol. The SMILES string of the molecule is CC(C)CNC(=O)[C@H](C)C[C@H](O)[C@H](CC(C)C)NC(=O)[C@H](Cc1ccc([N+](=O)[O-])cc1)NC(=O)/C=C/c1ccc(C(F)(F)F)cc1. The first kappa shape index (κ1) is 37.9. The minimum Gasteiger partial charge on any atom is -0.391 e. The van der Waals surface area contributed by atoms with Gasteiger partial charge in [0.25, 0.3) is 5.69 Å². The van der Waals surface area contributed by atoms with Crippen molar-refractivity contribution in [3.05, 3.63) is 81.4 Å². The summed E-state index contributed by atoms with van der Waals surface area (Å²) >= 11 is 0. The third kappa shape index (κ3) is 13.0. The van der Waals surface area contributed by atoms with Gasteiger partial charge in [-0.15, -0.1) is 0 Å². The van der Waals surface area contributed by atoms with E-state index in [1.165, 1.54) is 42.5 Å². The quantitative estimate of drug-likeness (QED) is 0.114. The fourth-order valence-electron chi connectivity index (χ4n) is 4.59. The first-order valence-corrected chi connectivity index (χ1v) is 15.1. The van der Waals surface area contributed by atoms with Gasteiger partial charge in [-0.25, -0.2) is 0 Å². The van der Waals surface area contributed by atoms with E-state index in [1.807, 2.05) is 27.7 Å². The minimum absolute atomic E-state index is 0.0534. The lowest BCUT2D eigenvalue weighted by Crippen LogP contribution is -2.53. The second-order valence-electron chi connectivity index (χ2n) is 12.2. The number of aliphatic hydroxyl groups excluding tert-OH is 1. The van der Waals surface area contributed by atoms with Gasteiger partial charge in [-0.05, 0) is 54.0 Å². The molecule has 3 amide bonds. The number of carbonyl (C=O) groups excluding carboxylic acids is 3. The Hall–Kier alpha value is -4.26. The van der Waals surface area contributed by atoms with Crippen molar-refractivity contribution in [2.45, 2.75) is 78.2 Å². The highest BCUT2D eigenvalue weighted by Gasteiger charge is 2.31. The second kappa shape index (κ2) is 17.4. The number of nitro groups is 1. The molecule has 0 spiro atoms. The molecule has 0 saturated heterocycles. The zero-order valence-corrected chi connectivity index (χ0v) is 26.6. The van der Waals surface area contributed by atoms with E-state index in [0.29, 0.717) is 24.1 Å². The Morgan fingerprint density at radius 2 is 1.50 bits per heavy atom. The molecule has 0 heterocycles. The Balaban J connectivity index is 2.24. The summed E-state index contributed by atoms with van der Waals surface area (Å²) < 4.78 is 38.6. The lowest BCUT2D eigenvalue weighted by atomic mass is 9.92. The van der Waals surface area contributed by atoms with E-state index in [-0.39, 0.29) is 36.3 Å². The Morgan fingerprint density at radius 1 is 0.891 bits per heavy atom. The van der Waals surface area contributed by atoms with Crippen LogP contribution in [0.5, 0.6) is 0 Å². The fraction of sp³-hybridized carbons (Fsp3) is 0.485. The average Bonchev–Trinajstić information content (AvgIpc) is 2.97. The van der Waals surface area contributed by atoms with Crippen molar-refractivity contribution in [1.82, 2.24) is 16.0 Å². The van der Waals surface area contributed by atoms with E-state index in [1.54, 1.807) is 6.92 Å². The number of nitro benzene ring substituents is 1. The van der Waals surface area contributed by atoms with E-state index < -0.39 is 52.6 Å². The summed E-state index contributed by atoms with van der Waals surface area (Å²) in [6, 6.07) is 7.70. The van der Waals surface area contributed by atoms with Crippen LogP contribution in [-0.4, -0.2) is 52.5 Å². The lowest BCUT2D eigenvalue weighted by molar-refractivity contribution is -0.384. The van der Waals surface area contributed by atoms with Crippen LogP contribution in [-0.2, 0) is 27.0 Å². The van der Waals surface area contributed by atoms with Crippen LogP contribution in [0.3, 0.4) is 0 Å². The number of hydrogen-bond donors (Lipinski definition) is 4. The number of amides is 3. The van der Waals surface area contributed by atoms with Gasteiger partial charge in [0.1, 0.15) is 6.04 Å². The smallest absolute Gasteiger partial charge is 0.391 e.